The molecule has 3 aromatic rings. The van der Waals surface area contributed by atoms with Crippen molar-refractivity contribution < 1.29 is 0 Å². The number of fused-ring (bicyclic) bond motifs is 1. The smallest absolute Gasteiger partial charge is 0.138 e. The fraction of sp³-hybridized carbons (Fsp3) is 0.273. The quantitative estimate of drug-likeness (QED) is 0.790. The normalized spacial score (nSPS) is 13.3. The highest BCUT2D eigenvalue weighted by atomic mass is 32.1. The van der Waals surface area contributed by atoms with Gasteiger partial charge in [-0.2, -0.15) is 5.10 Å². The van der Waals surface area contributed by atoms with E-state index in [0.29, 0.717) is 0 Å². The molecule has 3 aromatic heterocycles. The van der Waals surface area contributed by atoms with Gasteiger partial charge < -0.3 is 5.73 Å². The van der Waals surface area contributed by atoms with Crippen molar-refractivity contribution in [1.29, 1.82) is 0 Å². The molecule has 0 aliphatic heterocycles. The van der Waals surface area contributed by atoms with Gasteiger partial charge in [0.15, 0.2) is 0 Å². The third kappa shape index (κ3) is 1.99. The van der Waals surface area contributed by atoms with E-state index in [1.165, 1.54) is 14.3 Å². The Balaban J connectivity index is 1.84. The van der Waals surface area contributed by atoms with Gasteiger partial charge in [0.25, 0.3) is 0 Å². The number of hydrogen-bond acceptors (Lipinski definition) is 5. The van der Waals surface area contributed by atoms with Crippen molar-refractivity contribution in [1.82, 2.24) is 14.8 Å². The molecule has 0 aromatic carbocycles. The van der Waals surface area contributed by atoms with Crippen LogP contribution in [0.4, 0.5) is 0 Å². The second-order valence-electron chi connectivity index (χ2n) is 3.91. The molecule has 2 N–H and O–H groups in total. The first-order valence-corrected chi connectivity index (χ1v) is 6.99. The first kappa shape index (κ1) is 10.9. The predicted molar refractivity (Wildman–Crippen MR) is 71.3 cm³/mol. The molecule has 0 saturated carbocycles. The molecule has 0 saturated heterocycles. The molecule has 3 rings (SSSR count). The maximum absolute atomic E-state index is 6.21. The molecule has 17 heavy (non-hydrogen) atoms. The van der Waals surface area contributed by atoms with Gasteiger partial charge in [0.2, 0.25) is 0 Å². The molecule has 0 aliphatic rings. The largest absolute Gasteiger partial charge is 0.323 e. The van der Waals surface area contributed by atoms with E-state index in [2.05, 4.69) is 27.6 Å². The van der Waals surface area contributed by atoms with Gasteiger partial charge in [-0.05, 0) is 17.5 Å². The standard InChI is InChI=1S/C11H12N4S2/c1-15-11(13-6-14-15)4-7(12)9-5-10-8(17-9)2-3-16-10/h2-3,5-7H,4,12H2,1H3. The molecule has 1 atom stereocenters. The Kier molecular flexibility index (Phi) is 2.70. The second-order valence-corrected chi connectivity index (χ2v) is 5.97. The maximum Gasteiger partial charge on any atom is 0.138 e. The van der Waals surface area contributed by atoms with Crippen LogP contribution in [0.15, 0.2) is 23.8 Å². The van der Waals surface area contributed by atoms with Gasteiger partial charge in [-0.15, -0.1) is 22.7 Å². The lowest BCUT2D eigenvalue weighted by molar-refractivity contribution is 0.636. The first-order chi connectivity index (χ1) is 8.24. The van der Waals surface area contributed by atoms with E-state index in [1.807, 2.05) is 7.05 Å². The Morgan fingerprint density at radius 2 is 2.35 bits per heavy atom. The molecular weight excluding hydrogens is 252 g/mol. The van der Waals surface area contributed by atoms with E-state index in [9.17, 15) is 0 Å². The molecule has 0 bridgehead atoms. The molecule has 3 heterocycles. The summed E-state index contributed by atoms with van der Waals surface area (Å²) in [6.45, 7) is 0. The summed E-state index contributed by atoms with van der Waals surface area (Å²) in [4.78, 5) is 5.42. The van der Waals surface area contributed by atoms with Crippen molar-refractivity contribution in [2.45, 2.75) is 12.5 Å². The number of aromatic nitrogens is 3. The van der Waals surface area contributed by atoms with E-state index < -0.39 is 0 Å². The molecule has 6 heteroatoms. The monoisotopic (exact) mass is 264 g/mol. The van der Waals surface area contributed by atoms with Crippen molar-refractivity contribution in [2.75, 3.05) is 0 Å². The summed E-state index contributed by atoms with van der Waals surface area (Å²) >= 11 is 3.53. The van der Waals surface area contributed by atoms with Crippen LogP contribution in [0, 0.1) is 0 Å². The zero-order chi connectivity index (χ0) is 11.8. The predicted octanol–water partition coefficient (Wildman–Crippen LogP) is 2.33. The topological polar surface area (TPSA) is 56.7 Å². The fourth-order valence-electron chi connectivity index (χ4n) is 1.77. The second kappa shape index (κ2) is 4.21. The maximum atomic E-state index is 6.21. The average Bonchev–Trinajstić information content (AvgIpc) is 2.93. The number of nitrogens with zero attached hydrogens (tertiary/aromatic N) is 3. The van der Waals surface area contributed by atoms with E-state index in [1.54, 1.807) is 33.7 Å². The van der Waals surface area contributed by atoms with Gasteiger partial charge in [0.1, 0.15) is 12.2 Å². The summed E-state index contributed by atoms with van der Waals surface area (Å²) < 4.78 is 4.41. The highest BCUT2D eigenvalue weighted by Gasteiger charge is 2.14. The van der Waals surface area contributed by atoms with Crippen LogP contribution in [0.2, 0.25) is 0 Å². The van der Waals surface area contributed by atoms with Crippen LogP contribution in [-0.2, 0) is 13.5 Å². The molecule has 0 radical (unpaired) electrons. The van der Waals surface area contributed by atoms with Crippen LogP contribution >= 0.6 is 22.7 Å². The van der Waals surface area contributed by atoms with Crippen LogP contribution in [0.25, 0.3) is 9.40 Å². The molecule has 88 valence electrons. The Morgan fingerprint density at radius 1 is 1.47 bits per heavy atom. The third-order valence-electron chi connectivity index (χ3n) is 2.73. The highest BCUT2D eigenvalue weighted by Crippen LogP contribution is 2.33. The summed E-state index contributed by atoms with van der Waals surface area (Å²) in [5.74, 6) is 0.925. The van der Waals surface area contributed by atoms with Crippen LogP contribution in [-0.4, -0.2) is 14.8 Å². The zero-order valence-electron chi connectivity index (χ0n) is 9.33. The number of nitrogens with two attached hydrogens (primary N) is 1. The minimum absolute atomic E-state index is 0.00231. The molecule has 0 amide bonds. The van der Waals surface area contributed by atoms with Crippen LogP contribution in [0.3, 0.4) is 0 Å². The van der Waals surface area contributed by atoms with E-state index in [4.69, 9.17) is 5.73 Å². The van der Waals surface area contributed by atoms with Crippen molar-refractivity contribution in [2.24, 2.45) is 12.8 Å². The highest BCUT2D eigenvalue weighted by molar-refractivity contribution is 7.26. The van der Waals surface area contributed by atoms with Gasteiger partial charge in [0.05, 0.1) is 0 Å². The third-order valence-corrected chi connectivity index (χ3v) is 4.96. The van der Waals surface area contributed by atoms with Crippen molar-refractivity contribution >= 4 is 32.1 Å². The SMILES string of the molecule is Cn1ncnc1CC(N)c1cc2sccc2s1. The fourth-order valence-corrected chi connectivity index (χ4v) is 3.89. The lowest BCUT2D eigenvalue weighted by atomic mass is 10.2. The summed E-state index contributed by atoms with van der Waals surface area (Å²) in [6, 6.07) is 4.33. The Bertz CT molecular complexity index is 608. The van der Waals surface area contributed by atoms with Crippen LogP contribution in [0.1, 0.15) is 16.7 Å². The lowest BCUT2D eigenvalue weighted by Gasteiger charge is -2.08. The summed E-state index contributed by atoms with van der Waals surface area (Å²) in [5, 5.41) is 6.16. The molecule has 0 fully saturated rings. The van der Waals surface area contributed by atoms with E-state index in [0.717, 1.165) is 12.2 Å². The lowest BCUT2D eigenvalue weighted by Crippen LogP contribution is -2.14. The zero-order valence-corrected chi connectivity index (χ0v) is 11.0. The molecule has 1 unspecified atom stereocenters. The number of aryl methyl sites for hydroxylation is 1. The van der Waals surface area contributed by atoms with Crippen LogP contribution in [0.5, 0.6) is 0 Å². The van der Waals surface area contributed by atoms with E-state index in [-0.39, 0.29) is 6.04 Å². The van der Waals surface area contributed by atoms with Crippen LogP contribution < -0.4 is 5.73 Å². The van der Waals surface area contributed by atoms with Gasteiger partial charge in [0, 0.05) is 33.8 Å². The minimum Gasteiger partial charge on any atom is -0.323 e. The number of rotatable bonds is 3. The summed E-state index contributed by atoms with van der Waals surface area (Å²) in [5.41, 5.74) is 6.21. The average molecular weight is 264 g/mol. The number of hydrogen-bond donors (Lipinski definition) is 1. The molecule has 4 nitrogen and oxygen atoms in total. The number of thiophene rings is 2. The molecule has 0 aliphatic carbocycles. The van der Waals surface area contributed by atoms with Crippen molar-refractivity contribution in [3.8, 4) is 0 Å². The van der Waals surface area contributed by atoms with Gasteiger partial charge in [-0.25, -0.2) is 4.98 Å². The van der Waals surface area contributed by atoms with Gasteiger partial charge >= 0.3 is 0 Å². The van der Waals surface area contributed by atoms with Crippen molar-refractivity contribution in [3.05, 3.63) is 34.5 Å². The van der Waals surface area contributed by atoms with E-state index >= 15 is 0 Å². The minimum atomic E-state index is 0.00231. The Labute approximate surface area is 107 Å². The van der Waals surface area contributed by atoms with Gasteiger partial charge in [-0.3, -0.25) is 4.68 Å². The molecular formula is C11H12N4S2. The Hall–Kier alpha value is -1.24. The van der Waals surface area contributed by atoms with Gasteiger partial charge in [-0.1, -0.05) is 0 Å². The first-order valence-electron chi connectivity index (χ1n) is 5.29. The summed E-state index contributed by atoms with van der Waals surface area (Å²) in [6.07, 6.45) is 2.29. The molecule has 0 spiro atoms. The summed E-state index contributed by atoms with van der Waals surface area (Å²) in [7, 11) is 1.89. The van der Waals surface area contributed by atoms with Crippen molar-refractivity contribution in [3.63, 3.8) is 0 Å². The Morgan fingerprint density at radius 3 is 3.06 bits per heavy atom.